The second-order valence-electron chi connectivity index (χ2n) is 3.83. The highest BCUT2D eigenvalue weighted by molar-refractivity contribution is 7.99. The zero-order valence-corrected chi connectivity index (χ0v) is 12.4. The summed E-state index contributed by atoms with van der Waals surface area (Å²) in [5, 5.41) is 5.06. The van der Waals surface area contributed by atoms with Gasteiger partial charge in [-0.25, -0.2) is 9.37 Å². The first kappa shape index (κ1) is 14.8. The van der Waals surface area contributed by atoms with Crippen LogP contribution in [0, 0.1) is 5.82 Å². The minimum atomic E-state index is -0.311. The first-order valence-electron chi connectivity index (χ1n) is 5.78. The molecule has 0 fully saturated rings. The summed E-state index contributed by atoms with van der Waals surface area (Å²) in [6.07, 6.45) is 1.63. The second kappa shape index (κ2) is 7.25. The molecule has 106 valence electrons. The number of methoxy groups -OCH3 is 1. The Balaban J connectivity index is 1.83. The van der Waals surface area contributed by atoms with Crippen LogP contribution in [0.15, 0.2) is 29.8 Å². The lowest BCUT2D eigenvalue weighted by atomic mass is 10.2. The van der Waals surface area contributed by atoms with Crippen LogP contribution >= 0.6 is 23.1 Å². The smallest absolute Gasteiger partial charge is 0.236 e. The van der Waals surface area contributed by atoms with Gasteiger partial charge in [0.25, 0.3) is 0 Å². The van der Waals surface area contributed by atoms with E-state index in [9.17, 15) is 9.18 Å². The monoisotopic (exact) mass is 312 g/mol. The third kappa shape index (κ3) is 4.21. The summed E-state index contributed by atoms with van der Waals surface area (Å²) in [5.74, 6) is 0.971. The number of nitrogens with zero attached hydrogens (tertiary/aromatic N) is 1. The molecule has 20 heavy (non-hydrogen) atoms. The highest BCUT2D eigenvalue weighted by atomic mass is 32.2. The fourth-order valence-corrected chi connectivity index (χ4v) is 2.90. The maximum Gasteiger partial charge on any atom is 0.236 e. The van der Waals surface area contributed by atoms with Crippen LogP contribution in [0.25, 0.3) is 0 Å². The largest absolute Gasteiger partial charge is 0.496 e. The van der Waals surface area contributed by atoms with E-state index in [2.05, 4.69) is 10.3 Å². The Hall–Kier alpha value is -1.60. The molecule has 1 aromatic heterocycles. The van der Waals surface area contributed by atoms with Gasteiger partial charge in [0.05, 0.1) is 12.9 Å². The number of carbonyl (C=O) groups is 1. The number of anilines is 1. The molecule has 0 aliphatic heterocycles. The maximum absolute atomic E-state index is 13.2. The van der Waals surface area contributed by atoms with E-state index in [1.54, 1.807) is 17.6 Å². The first-order valence-corrected chi connectivity index (χ1v) is 7.82. The molecule has 0 saturated carbocycles. The Morgan fingerprint density at radius 3 is 3.10 bits per heavy atom. The third-order valence-corrected chi connectivity index (χ3v) is 4.08. The van der Waals surface area contributed by atoms with E-state index in [-0.39, 0.29) is 17.5 Å². The molecule has 4 nitrogen and oxygen atoms in total. The van der Waals surface area contributed by atoms with Gasteiger partial charge in [0.15, 0.2) is 5.13 Å². The summed E-state index contributed by atoms with van der Waals surface area (Å²) in [5.41, 5.74) is 0.736. The number of hydrogen-bond acceptors (Lipinski definition) is 5. The molecule has 0 saturated heterocycles. The van der Waals surface area contributed by atoms with Crippen LogP contribution in [0.3, 0.4) is 0 Å². The van der Waals surface area contributed by atoms with Crippen LogP contribution < -0.4 is 10.1 Å². The van der Waals surface area contributed by atoms with Crippen molar-refractivity contribution in [3.8, 4) is 5.75 Å². The minimum Gasteiger partial charge on any atom is -0.496 e. The molecule has 0 unspecified atom stereocenters. The number of thioether (sulfide) groups is 1. The highest BCUT2D eigenvalue weighted by Crippen LogP contribution is 2.24. The van der Waals surface area contributed by atoms with Crippen molar-refractivity contribution in [2.75, 3.05) is 18.2 Å². The van der Waals surface area contributed by atoms with Crippen LogP contribution in [0.4, 0.5) is 9.52 Å². The van der Waals surface area contributed by atoms with Crippen molar-refractivity contribution in [1.82, 2.24) is 4.98 Å². The summed E-state index contributed by atoms with van der Waals surface area (Å²) < 4.78 is 18.3. The predicted molar refractivity (Wildman–Crippen MR) is 79.9 cm³/mol. The lowest BCUT2D eigenvalue weighted by Gasteiger charge is -2.08. The maximum atomic E-state index is 13.2. The van der Waals surface area contributed by atoms with Gasteiger partial charge >= 0.3 is 0 Å². The zero-order valence-electron chi connectivity index (χ0n) is 10.8. The molecule has 7 heteroatoms. The number of amides is 1. The minimum absolute atomic E-state index is 0.125. The number of ether oxygens (including phenoxy) is 1. The summed E-state index contributed by atoms with van der Waals surface area (Å²) in [4.78, 5) is 15.6. The molecule has 1 aromatic carbocycles. The van der Waals surface area contributed by atoms with E-state index >= 15 is 0 Å². The van der Waals surface area contributed by atoms with Gasteiger partial charge in [-0.3, -0.25) is 4.79 Å². The second-order valence-corrected chi connectivity index (χ2v) is 5.71. The van der Waals surface area contributed by atoms with E-state index < -0.39 is 0 Å². The Morgan fingerprint density at radius 2 is 2.40 bits per heavy atom. The van der Waals surface area contributed by atoms with Gasteiger partial charge in [-0.05, 0) is 18.2 Å². The van der Waals surface area contributed by atoms with E-state index in [1.807, 2.05) is 0 Å². The number of aromatic nitrogens is 1. The predicted octanol–water partition coefficient (Wildman–Crippen LogP) is 3.16. The fourth-order valence-electron chi connectivity index (χ4n) is 1.55. The highest BCUT2D eigenvalue weighted by Gasteiger charge is 2.08. The molecule has 1 N–H and O–H groups in total. The van der Waals surface area contributed by atoms with Crippen LogP contribution in [0.2, 0.25) is 0 Å². The number of carbonyl (C=O) groups excluding carboxylic acids is 1. The molecule has 0 spiro atoms. The number of benzene rings is 1. The normalized spacial score (nSPS) is 10.3. The molecule has 0 aliphatic carbocycles. The Labute approximate surface area is 124 Å². The zero-order chi connectivity index (χ0) is 14.4. The molecule has 0 radical (unpaired) electrons. The molecular formula is C13H13FN2O2S2. The van der Waals surface area contributed by atoms with Gasteiger partial charge < -0.3 is 10.1 Å². The number of rotatable bonds is 6. The van der Waals surface area contributed by atoms with Crippen LogP contribution in [0.1, 0.15) is 5.56 Å². The molecule has 2 rings (SSSR count). The number of halogens is 1. The van der Waals surface area contributed by atoms with Gasteiger partial charge in [-0.15, -0.1) is 23.1 Å². The van der Waals surface area contributed by atoms with Gasteiger partial charge in [0, 0.05) is 22.9 Å². The lowest BCUT2D eigenvalue weighted by Crippen LogP contribution is -2.13. The van der Waals surface area contributed by atoms with Crippen LogP contribution in [-0.4, -0.2) is 23.8 Å². The van der Waals surface area contributed by atoms with Crippen molar-refractivity contribution in [3.05, 3.63) is 41.2 Å². The van der Waals surface area contributed by atoms with Crippen molar-refractivity contribution < 1.29 is 13.9 Å². The van der Waals surface area contributed by atoms with E-state index in [0.717, 1.165) is 5.56 Å². The summed E-state index contributed by atoms with van der Waals surface area (Å²) >= 11 is 2.76. The third-order valence-electron chi connectivity index (χ3n) is 2.41. The molecule has 0 aliphatic rings. The van der Waals surface area contributed by atoms with Gasteiger partial charge in [-0.2, -0.15) is 0 Å². The molecule has 2 aromatic rings. The summed E-state index contributed by atoms with van der Waals surface area (Å²) in [7, 11) is 1.54. The van der Waals surface area contributed by atoms with Gasteiger partial charge in [-0.1, -0.05) is 0 Å². The van der Waals surface area contributed by atoms with Crippen molar-refractivity contribution in [2.45, 2.75) is 5.75 Å². The first-order chi connectivity index (χ1) is 9.69. The Kier molecular flexibility index (Phi) is 5.37. The Morgan fingerprint density at radius 1 is 1.55 bits per heavy atom. The molecule has 0 atom stereocenters. The number of hydrogen-bond donors (Lipinski definition) is 1. The van der Waals surface area contributed by atoms with Crippen molar-refractivity contribution in [1.29, 1.82) is 0 Å². The summed E-state index contributed by atoms with van der Waals surface area (Å²) in [6, 6.07) is 4.35. The average Bonchev–Trinajstić information content (AvgIpc) is 2.92. The summed E-state index contributed by atoms with van der Waals surface area (Å²) in [6.45, 7) is 0. The van der Waals surface area contributed by atoms with Crippen molar-refractivity contribution in [3.63, 3.8) is 0 Å². The topological polar surface area (TPSA) is 51.2 Å². The lowest BCUT2D eigenvalue weighted by molar-refractivity contribution is -0.113. The van der Waals surface area contributed by atoms with Gasteiger partial charge in [0.2, 0.25) is 5.91 Å². The Bertz CT molecular complexity index is 576. The van der Waals surface area contributed by atoms with Crippen molar-refractivity contribution >= 4 is 34.1 Å². The standard InChI is InChI=1S/C13H13FN2O2S2/c1-18-11-3-2-10(14)6-9(11)7-19-8-12(17)16-13-15-4-5-20-13/h2-6H,7-8H2,1H3,(H,15,16,17). The SMILES string of the molecule is COc1ccc(F)cc1CSCC(=O)Nc1nccs1. The number of thiazole rings is 1. The number of nitrogens with one attached hydrogen (secondary N) is 1. The average molecular weight is 312 g/mol. The van der Waals surface area contributed by atoms with Crippen LogP contribution in [-0.2, 0) is 10.5 Å². The van der Waals surface area contributed by atoms with E-state index in [1.165, 1.54) is 42.3 Å². The van der Waals surface area contributed by atoms with E-state index in [4.69, 9.17) is 4.74 Å². The molecule has 1 amide bonds. The fraction of sp³-hybridized carbons (Fsp3) is 0.231. The van der Waals surface area contributed by atoms with Crippen LogP contribution in [0.5, 0.6) is 5.75 Å². The van der Waals surface area contributed by atoms with Crippen molar-refractivity contribution in [2.24, 2.45) is 0 Å². The van der Waals surface area contributed by atoms with E-state index in [0.29, 0.717) is 16.6 Å². The molecule has 0 bridgehead atoms. The van der Waals surface area contributed by atoms with Gasteiger partial charge in [0.1, 0.15) is 11.6 Å². The molecule has 1 heterocycles. The quantitative estimate of drug-likeness (QED) is 0.890. The molecular weight excluding hydrogens is 299 g/mol.